The standard InChI is InChI=1S/C16H13FN2O3/c1-20-13-7-11(8-14(9-13)21-2)16-19-18-15(22-16)10-4-3-5-12(17)6-10/h3-9H,1-2H3. The molecule has 0 amide bonds. The van der Waals surface area contributed by atoms with Crippen molar-refractivity contribution >= 4 is 0 Å². The Morgan fingerprint density at radius 2 is 1.50 bits per heavy atom. The normalized spacial score (nSPS) is 10.5. The van der Waals surface area contributed by atoms with Crippen molar-refractivity contribution in [3.05, 3.63) is 48.3 Å². The van der Waals surface area contributed by atoms with Crippen LogP contribution in [-0.4, -0.2) is 24.4 Å². The molecule has 3 rings (SSSR count). The summed E-state index contributed by atoms with van der Waals surface area (Å²) >= 11 is 0. The summed E-state index contributed by atoms with van der Waals surface area (Å²) in [5.41, 5.74) is 1.18. The van der Waals surface area contributed by atoms with Crippen LogP contribution in [0.5, 0.6) is 11.5 Å². The van der Waals surface area contributed by atoms with Crippen molar-refractivity contribution in [3.8, 4) is 34.4 Å². The van der Waals surface area contributed by atoms with Gasteiger partial charge in [-0.3, -0.25) is 0 Å². The minimum absolute atomic E-state index is 0.247. The van der Waals surface area contributed by atoms with Gasteiger partial charge in [0.25, 0.3) is 0 Å². The summed E-state index contributed by atoms with van der Waals surface area (Å²) in [6.07, 6.45) is 0. The van der Waals surface area contributed by atoms with Crippen LogP contribution >= 0.6 is 0 Å². The fraction of sp³-hybridized carbons (Fsp3) is 0.125. The Kier molecular flexibility index (Phi) is 3.74. The first kappa shape index (κ1) is 14.1. The molecule has 3 aromatic rings. The van der Waals surface area contributed by atoms with Crippen molar-refractivity contribution in [1.29, 1.82) is 0 Å². The molecule has 0 spiro atoms. The Balaban J connectivity index is 2.00. The number of ether oxygens (including phenoxy) is 2. The summed E-state index contributed by atoms with van der Waals surface area (Å²) in [5, 5.41) is 7.94. The molecule has 0 atom stereocenters. The molecule has 22 heavy (non-hydrogen) atoms. The van der Waals surface area contributed by atoms with Gasteiger partial charge < -0.3 is 13.9 Å². The number of halogens is 1. The van der Waals surface area contributed by atoms with Gasteiger partial charge in [-0.15, -0.1) is 10.2 Å². The zero-order valence-corrected chi connectivity index (χ0v) is 12.0. The van der Waals surface area contributed by atoms with E-state index in [2.05, 4.69) is 10.2 Å². The average Bonchev–Trinajstić information content (AvgIpc) is 3.04. The highest BCUT2D eigenvalue weighted by Gasteiger charge is 2.13. The molecule has 0 saturated heterocycles. The van der Waals surface area contributed by atoms with Crippen LogP contribution in [0.3, 0.4) is 0 Å². The van der Waals surface area contributed by atoms with Crippen molar-refractivity contribution in [2.75, 3.05) is 14.2 Å². The van der Waals surface area contributed by atoms with Gasteiger partial charge in [-0.05, 0) is 30.3 Å². The van der Waals surface area contributed by atoms with Crippen molar-refractivity contribution in [2.45, 2.75) is 0 Å². The van der Waals surface area contributed by atoms with E-state index in [1.165, 1.54) is 12.1 Å². The van der Waals surface area contributed by atoms with E-state index in [4.69, 9.17) is 13.9 Å². The van der Waals surface area contributed by atoms with Crippen LogP contribution in [-0.2, 0) is 0 Å². The summed E-state index contributed by atoms with van der Waals surface area (Å²) in [4.78, 5) is 0. The zero-order chi connectivity index (χ0) is 15.5. The van der Waals surface area contributed by atoms with Gasteiger partial charge in [0.1, 0.15) is 17.3 Å². The van der Waals surface area contributed by atoms with E-state index in [0.717, 1.165) is 0 Å². The molecular formula is C16H13FN2O3. The summed E-state index contributed by atoms with van der Waals surface area (Å²) in [7, 11) is 3.12. The van der Waals surface area contributed by atoms with Gasteiger partial charge in [0.05, 0.1) is 14.2 Å². The number of benzene rings is 2. The monoisotopic (exact) mass is 300 g/mol. The average molecular weight is 300 g/mol. The second-order valence-electron chi connectivity index (χ2n) is 4.52. The number of aromatic nitrogens is 2. The van der Waals surface area contributed by atoms with Gasteiger partial charge >= 0.3 is 0 Å². The van der Waals surface area contributed by atoms with Gasteiger partial charge in [0, 0.05) is 17.2 Å². The molecule has 6 heteroatoms. The summed E-state index contributed by atoms with van der Waals surface area (Å²) in [6.45, 7) is 0. The first-order valence-electron chi connectivity index (χ1n) is 6.52. The highest BCUT2D eigenvalue weighted by molar-refractivity contribution is 5.61. The molecule has 0 fully saturated rings. The molecule has 1 heterocycles. The fourth-order valence-electron chi connectivity index (χ4n) is 2.01. The Morgan fingerprint density at radius 3 is 2.09 bits per heavy atom. The van der Waals surface area contributed by atoms with E-state index in [0.29, 0.717) is 28.5 Å². The minimum Gasteiger partial charge on any atom is -0.497 e. The Morgan fingerprint density at radius 1 is 0.864 bits per heavy atom. The third kappa shape index (κ3) is 2.76. The van der Waals surface area contributed by atoms with Crippen molar-refractivity contribution in [3.63, 3.8) is 0 Å². The van der Waals surface area contributed by atoms with Gasteiger partial charge in [-0.1, -0.05) is 6.07 Å². The van der Waals surface area contributed by atoms with Crippen LogP contribution in [0.15, 0.2) is 46.9 Å². The second kappa shape index (κ2) is 5.85. The third-order valence-electron chi connectivity index (χ3n) is 3.09. The maximum Gasteiger partial charge on any atom is 0.248 e. The van der Waals surface area contributed by atoms with Gasteiger partial charge in [0.15, 0.2) is 0 Å². The molecule has 5 nitrogen and oxygen atoms in total. The maximum atomic E-state index is 13.3. The predicted molar refractivity (Wildman–Crippen MR) is 78.2 cm³/mol. The molecule has 2 aromatic carbocycles. The van der Waals surface area contributed by atoms with E-state index in [1.54, 1.807) is 44.6 Å². The number of rotatable bonds is 4. The third-order valence-corrected chi connectivity index (χ3v) is 3.09. The SMILES string of the molecule is COc1cc(OC)cc(-c2nnc(-c3cccc(F)c3)o2)c1. The molecule has 0 N–H and O–H groups in total. The first-order valence-corrected chi connectivity index (χ1v) is 6.52. The van der Waals surface area contributed by atoms with Crippen LogP contribution < -0.4 is 9.47 Å². The van der Waals surface area contributed by atoms with Crippen LogP contribution in [0.1, 0.15) is 0 Å². The lowest BCUT2D eigenvalue weighted by Crippen LogP contribution is -1.88. The molecule has 0 radical (unpaired) electrons. The number of nitrogens with zero attached hydrogens (tertiary/aromatic N) is 2. The molecule has 112 valence electrons. The Labute approximate surface area is 126 Å². The molecule has 0 saturated carbocycles. The molecule has 0 unspecified atom stereocenters. The number of hydrogen-bond acceptors (Lipinski definition) is 5. The van der Waals surface area contributed by atoms with Gasteiger partial charge in [-0.25, -0.2) is 4.39 Å². The minimum atomic E-state index is -0.361. The lowest BCUT2D eigenvalue weighted by atomic mass is 10.2. The quantitative estimate of drug-likeness (QED) is 0.737. The van der Waals surface area contributed by atoms with Crippen molar-refractivity contribution < 1.29 is 18.3 Å². The van der Waals surface area contributed by atoms with Gasteiger partial charge in [0.2, 0.25) is 11.8 Å². The Bertz CT molecular complexity index is 779. The fourth-order valence-corrected chi connectivity index (χ4v) is 2.01. The lowest BCUT2D eigenvalue weighted by Gasteiger charge is -2.05. The predicted octanol–water partition coefficient (Wildman–Crippen LogP) is 3.56. The molecular weight excluding hydrogens is 287 g/mol. The first-order chi connectivity index (χ1) is 10.7. The van der Waals surface area contributed by atoms with Crippen LogP contribution in [0.25, 0.3) is 22.9 Å². The van der Waals surface area contributed by atoms with E-state index < -0.39 is 0 Å². The van der Waals surface area contributed by atoms with E-state index in [1.807, 2.05) is 0 Å². The smallest absolute Gasteiger partial charge is 0.248 e. The van der Waals surface area contributed by atoms with E-state index in [-0.39, 0.29) is 11.7 Å². The second-order valence-corrected chi connectivity index (χ2v) is 4.52. The summed E-state index contributed by atoms with van der Waals surface area (Å²) in [5.74, 6) is 1.41. The zero-order valence-electron chi connectivity index (χ0n) is 12.0. The van der Waals surface area contributed by atoms with E-state index in [9.17, 15) is 4.39 Å². The molecule has 0 bridgehead atoms. The topological polar surface area (TPSA) is 57.4 Å². The van der Waals surface area contributed by atoms with Crippen molar-refractivity contribution in [2.24, 2.45) is 0 Å². The highest BCUT2D eigenvalue weighted by Crippen LogP contribution is 2.30. The number of methoxy groups -OCH3 is 2. The molecule has 0 aliphatic rings. The molecule has 1 aromatic heterocycles. The van der Waals surface area contributed by atoms with Crippen LogP contribution in [0.4, 0.5) is 4.39 Å². The highest BCUT2D eigenvalue weighted by atomic mass is 19.1. The van der Waals surface area contributed by atoms with E-state index >= 15 is 0 Å². The maximum absolute atomic E-state index is 13.3. The molecule has 0 aliphatic carbocycles. The largest absolute Gasteiger partial charge is 0.497 e. The van der Waals surface area contributed by atoms with Crippen LogP contribution in [0, 0.1) is 5.82 Å². The van der Waals surface area contributed by atoms with Gasteiger partial charge in [-0.2, -0.15) is 0 Å². The Hall–Kier alpha value is -2.89. The van der Waals surface area contributed by atoms with Crippen molar-refractivity contribution in [1.82, 2.24) is 10.2 Å². The summed E-state index contributed by atoms with van der Waals surface area (Å²) < 4.78 is 29.3. The lowest BCUT2D eigenvalue weighted by molar-refractivity contribution is 0.394. The molecule has 0 aliphatic heterocycles. The van der Waals surface area contributed by atoms with Crippen LogP contribution in [0.2, 0.25) is 0 Å². The summed E-state index contributed by atoms with van der Waals surface area (Å²) in [6, 6.07) is 11.2. The number of hydrogen-bond donors (Lipinski definition) is 0.